The average Bonchev–Trinajstić information content (AvgIpc) is 2.48. The Kier molecular flexibility index (Phi) is 5.10. The predicted molar refractivity (Wildman–Crippen MR) is 88.6 cm³/mol. The number of hydrogen-bond acceptors (Lipinski definition) is 2. The molecule has 109 valence electrons. The molecule has 0 aliphatic rings. The molecule has 0 saturated heterocycles. The van der Waals surface area contributed by atoms with E-state index in [0.717, 1.165) is 11.5 Å². The largest absolute Gasteiger partial charge is 0.400 e. The molecule has 0 spiro atoms. The average molecular weight is 297 g/mol. The van der Waals surface area contributed by atoms with Crippen molar-refractivity contribution in [2.45, 2.75) is 26.2 Å². The molecule has 0 saturated carbocycles. The third kappa shape index (κ3) is 4.13. The topological polar surface area (TPSA) is 26.3 Å². The first-order chi connectivity index (χ1) is 10.0. The molecule has 0 unspecified atom stereocenters. The van der Waals surface area contributed by atoms with Crippen LogP contribution in [-0.2, 0) is 14.6 Å². The van der Waals surface area contributed by atoms with Crippen LogP contribution in [0, 0.1) is 0 Å². The van der Waals surface area contributed by atoms with Crippen molar-refractivity contribution in [2.75, 3.05) is 6.61 Å². The number of rotatable bonds is 5. The van der Waals surface area contributed by atoms with Gasteiger partial charge < -0.3 is 9.22 Å². The lowest BCUT2D eigenvalue weighted by atomic mass is 9.87. The monoisotopic (exact) mass is 297 g/mol. The zero-order chi connectivity index (χ0) is 15.3. The van der Waals surface area contributed by atoms with E-state index in [-0.39, 0.29) is 12.0 Å². The Morgan fingerprint density at radius 2 is 1.52 bits per heavy atom. The van der Waals surface area contributed by atoms with Gasteiger partial charge in [-0.05, 0) is 21.4 Å². The molecule has 0 atom stereocenters. The van der Waals surface area contributed by atoms with Gasteiger partial charge in [0.05, 0.1) is 6.61 Å². The van der Waals surface area contributed by atoms with Crippen LogP contribution in [0.15, 0.2) is 54.6 Å². The number of carbonyl (C=O) groups excluding carboxylic acids is 1. The minimum absolute atomic E-state index is 0.141. The molecule has 1 radical (unpaired) electrons. The maximum absolute atomic E-state index is 10.6. The van der Waals surface area contributed by atoms with E-state index >= 15 is 0 Å². The molecule has 0 N–H and O–H groups in total. The summed E-state index contributed by atoms with van der Waals surface area (Å²) in [6.07, 6.45) is 0.817. The molecule has 0 bridgehead atoms. The first-order valence-corrected chi connectivity index (χ1v) is 8.53. The third-order valence-electron chi connectivity index (χ3n) is 3.34. The minimum Gasteiger partial charge on any atom is -0.400 e. The molecular formula is C18H21O2Si. The number of aldehydes is 1. The van der Waals surface area contributed by atoms with Crippen molar-refractivity contribution < 1.29 is 9.22 Å². The van der Waals surface area contributed by atoms with Gasteiger partial charge in [0.25, 0.3) is 9.04 Å². The zero-order valence-corrected chi connectivity index (χ0v) is 13.8. The molecule has 2 nitrogen and oxygen atoms in total. The fourth-order valence-corrected chi connectivity index (χ4v) is 4.03. The van der Waals surface area contributed by atoms with Crippen LogP contribution in [0.3, 0.4) is 0 Å². The van der Waals surface area contributed by atoms with Crippen molar-refractivity contribution >= 4 is 25.7 Å². The fraction of sp³-hybridized carbons (Fsp3) is 0.278. The second-order valence-corrected chi connectivity index (χ2v) is 8.10. The van der Waals surface area contributed by atoms with Crippen LogP contribution >= 0.6 is 0 Å². The van der Waals surface area contributed by atoms with E-state index < -0.39 is 9.04 Å². The second-order valence-electron chi connectivity index (χ2n) is 6.00. The van der Waals surface area contributed by atoms with Crippen LogP contribution in [-0.4, -0.2) is 21.9 Å². The SMILES string of the molecule is CC(C)(C)c1ccc([Si](OCC=O)c2ccccc2)cc1. The maximum Gasteiger partial charge on any atom is 0.283 e. The maximum atomic E-state index is 10.6. The quantitative estimate of drug-likeness (QED) is 0.625. The highest BCUT2D eigenvalue weighted by molar-refractivity contribution is 6.80. The Hall–Kier alpha value is -1.71. The molecule has 0 amide bonds. The summed E-state index contributed by atoms with van der Waals surface area (Å²) in [5.41, 5.74) is 1.44. The highest BCUT2D eigenvalue weighted by atomic mass is 28.3. The summed E-state index contributed by atoms with van der Waals surface area (Å²) >= 11 is 0. The Morgan fingerprint density at radius 1 is 0.952 bits per heavy atom. The summed E-state index contributed by atoms with van der Waals surface area (Å²) < 4.78 is 5.82. The van der Waals surface area contributed by atoms with Gasteiger partial charge >= 0.3 is 0 Å². The number of hydrogen-bond donors (Lipinski definition) is 0. The second kappa shape index (κ2) is 6.83. The van der Waals surface area contributed by atoms with E-state index in [4.69, 9.17) is 4.43 Å². The summed E-state index contributed by atoms with van der Waals surface area (Å²) in [6, 6.07) is 18.7. The molecule has 21 heavy (non-hydrogen) atoms. The Balaban J connectivity index is 2.31. The van der Waals surface area contributed by atoms with E-state index in [9.17, 15) is 4.79 Å². The molecule has 3 heteroatoms. The van der Waals surface area contributed by atoms with Gasteiger partial charge in [-0.2, -0.15) is 0 Å². The van der Waals surface area contributed by atoms with E-state index in [0.29, 0.717) is 0 Å². The summed E-state index contributed by atoms with van der Waals surface area (Å²) in [7, 11) is -1.36. The molecule has 2 aromatic carbocycles. The Labute approximate surface area is 128 Å². The van der Waals surface area contributed by atoms with Crippen LogP contribution in [0.1, 0.15) is 26.3 Å². The molecule has 2 aromatic rings. The van der Waals surface area contributed by atoms with Gasteiger partial charge in [-0.25, -0.2) is 0 Å². The Morgan fingerprint density at radius 3 is 2.05 bits per heavy atom. The molecule has 0 aliphatic carbocycles. The summed E-state index contributed by atoms with van der Waals surface area (Å²) in [4.78, 5) is 10.6. The first kappa shape index (κ1) is 15.7. The summed E-state index contributed by atoms with van der Waals surface area (Å²) in [6.45, 7) is 6.75. The highest BCUT2D eigenvalue weighted by Gasteiger charge is 2.20. The number of carbonyl (C=O) groups is 1. The van der Waals surface area contributed by atoms with Crippen molar-refractivity contribution in [3.63, 3.8) is 0 Å². The zero-order valence-electron chi connectivity index (χ0n) is 12.8. The van der Waals surface area contributed by atoms with Crippen molar-refractivity contribution in [1.82, 2.24) is 0 Å². The lowest BCUT2D eigenvalue weighted by Crippen LogP contribution is -2.45. The Bertz CT molecular complexity index is 570. The summed E-state index contributed by atoms with van der Waals surface area (Å²) in [5, 5.41) is 2.33. The smallest absolute Gasteiger partial charge is 0.283 e. The molecule has 0 heterocycles. The van der Waals surface area contributed by atoms with Crippen molar-refractivity contribution in [1.29, 1.82) is 0 Å². The van der Waals surface area contributed by atoms with Gasteiger partial charge in [-0.15, -0.1) is 0 Å². The van der Waals surface area contributed by atoms with Gasteiger partial charge in [0, 0.05) is 0 Å². The molecule has 0 aliphatic heterocycles. The van der Waals surface area contributed by atoms with Crippen molar-refractivity contribution in [2.24, 2.45) is 0 Å². The van der Waals surface area contributed by atoms with Crippen LogP contribution in [0.25, 0.3) is 0 Å². The minimum atomic E-state index is -1.36. The van der Waals surface area contributed by atoms with Crippen LogP contribution in [0.2, 0.25) is 0 Å². The van der Waals surface area contributed by atoms with Crippen LogP contribution in [0.5, 0.6) is 0 Å². The van der Waals surface area contributed by atoms with Gasteiger partial charge in [0.2, 0.25) is 0 Å². The van der Waals surface area contributed by atoms with Gasteiger partial charge in [0.15, 0.2) is 0 Å². The lowest BCUT2D eigenvalue weighted by Gasteiger charge is -2.20. The van der Waals surface area contributed by atoms with E-state index in [1.165, 1.54) is 10.8 Å². The molecule has 2 rings (SSSR count). The summed E-state index contributed by atoms with van der Waals surface area (Å²) in [5.74, 6) is 0. The van der Waals surface area contributed by atoms with Crippen LogP contribution in [0.4, 0.5) is 0 Å². The van der Waals surface area contributed by atoms with E-state index in [1.807, 2.05) is 18.2 Å². The normalized spacial score (nSPS) is 11.6. The molecular weight excluding hydrogens is 276 g/mol. The third-order valence-corrected chi connectivity index (χ3v) is 5.52. The predicted octanol–water partition coefficient (Wildman–Crippen LogP) is 2.31. The number of benzene rings is 2. The van der Waals surface area contributed by atoms with Crippen LogP contribution < -0.4 is 10.4 Å². The lowest BCUT2D eigenvalue weighted by molar-refractivity contribution is -0.109. The van der Waals surface area contributed by atoms with E-state index in [2.05, 4.69) is 57.2 Å². The van der Waals surface area contributed by atoms with E-state index in [1.54, 1.807) is 0 Å². The first-order valence-electron chi connectivity index (χ1n) is 7.12. The van der Waals surface area contributed by atoms with Crippen molar-refractivity contribution in [3.8, 4) is 0 Å². The van der Waals surface area contributed by atoms with Gasteiger partial charge in [-0.3, -0.25) is 0 Å². The van der Waals surface area contributed by atoms with Gasteiger partial charge in [0.1, 0.15) is 6.29 Å². The van der Waals surface area contributed by atoms with Gasteiger partial charge in [-0.1, -0.05) is 75.4 Å². The standard InChI is InChI=1S/C18H21O2Si/c1-18(2,3)15-9-11-17(12-10-15)21(20-14-13-19)16-7-5-4-6-8-16/h4-13H,14H2,1-3H3. The molecule has 0 aromatic heterocycles. The highest BCUT2D eigenvalue weighted by Crippen LogP contribution is 2.20. The fourth-order valence-electron chi connectivity index (χ4n) is 2.16. The molecule has 0 fully saturated rings. The van der Waals surface area contributed by atoms with Crippen molar-refractivity contribution in [3.05, 3.63) is 60.2 Å².